The maximum absolute atomic E-state index is 12.7. The Labute approximate surface area is 155 Å². The van der Waals surface area contributed by atoms with E-state index in [1.165, 1.54) is 28.4 Å². The predicted octanol–water partition coefficient (Wildman–Crippen LogP) is 0.774. The number of ether oxygens (including phenoxy) is 3. The molecular formula is C17H19ClN2O6. The highest BCUT2D eigenvalue weighted by Gasteiger charge is 2.60. The Morgan fingerprint density at radius 2 is 1.69 bits per heavy atom. The molecule has 0 bridgehead atoms. The Morgan fingerprint density at radius 1 is 1.08 bits per heavy atom. The van der Waals surface area contributed by atoms with Crippen LogP contribution in [0.15, 0.2) is 12.1 Å². The number of benzene rings is 1. The molecule has 0 spiro atoms. The number of rotatable bonds is 4. The highest BCUT2D eigenvalue weighted by molar-refractivity contribution is 6.32. The topological polar surface area (TPSA) is 94.2 Å². The van der Waals surface area contributed by atoms with Crippen LogP contribution in [0, 0.1) is 11.8 Å². The lowest BCUT2D eigenvalue weighted by Crippen LogP contribution is -2.42. The molecule has 2 aliphatic rings. The molecule has 1 N–H and O–H groups in total. The number of methoxy groups -OCH3 is 3. The highest BCUT2D eigenvalue weighted by Crippen LogP contribution is 2.47. The van der Waals surface area contributed by atoms with Crippen LogP contribution in [0.1, 0.15) is 11.6 Å². The van der Waals surface area contributed by atoms with E-state index in [9.17, 15) is 14.4 Å². The van der Waals surface area contributed by atoms with E-state index in [2.05, 4.69) is 5.32 Å². The normalized spacial score (nSPS) is 27.5. The van der Waals surface area contributed by atoms with E-state index in [0.717, 1.165) is 4.90 Å². The van der Waals surface area contributed by atoms with Crippen molar-refractivity contribution in [2.75, 3.05) is 28.4 Å². The maximum Gasteiger partial charge on any atom is 0.323 e. The Kier molecular flexibility index (Phi) is 4.81. The molecule has 9 heteroatoms. The van der Waals surface area contributed by atoms with E-state index in [-0.39, 0.29) is 5.91 Å². The fourth-order valence-corrected chi connectivity index (χ4v) is 3.96. The Morgan fingerprint density at radius 3 is 2.27 bits per heavy atom. The number of nitrogens with one attached hydrogen (secondary N) is 1. The molecule has 2 aliphatic heterocycles. The summed E-state index contributed by atoms with van der Waals surface area (Å²) in [5, 5.41) is 3.39. The van der Waals surface area contributed by atoms with Crippen molar-refractivity contribution in [3.05, 3.63) is 22.7 Å². The third-order valence-electron chi connectivity index (χ3n) is 4.99. The lowest BCUT2D eigenvalue weighted by molar-refractivity contribution is -0.147. The zero-order valence-electron chi connectivity index (χ0n) is 14.7. The molecule has 26 heavy (non-hydrogen) atoms. The number of hydrogen-bond acceptors (Lipinski definition) is 7. The van der Waals surface area contributed by atoms with Crippen LogP contribution >= 0.6 is 11.6 Å². The second-order valence-electron chi connectivity index (χ2n) is 6.16. The van der Waals surface area contributed by atoms with Gasteiger partial charge in [-0.25, -0.2) is 0 Å². The minimum Gasteiger partial charge on any atom is -0.496 e. The molecule has 0 saturated carbocycles. The van der Waals surface area contributed by atoms with Gasteiger partial charge in [-0.2, -0.15) is 0 Å². The Hall–Kier alpha value is -2.32. The zero-order valence-corrected chi connectivity index (χ0v) is 15.5. The van der Waals surface area contributed by atoms with Gasteiger partial charge in [-0.3, -0.25) is 24.6 Å². The summed E-state index contributed by atoms with van der Waals surface area (Å²) >= 11 is 6.24. The molecular weight excluding hydrogens is 364 g/mol. The fourth-order valence-electron chi connectivity index (χ4n) is 3.71. The first-order valence-corrected chi connectivity index (χ1v) is 8.30. The van der Waals surface area contributed by atoms with Crippen molar-refractivity contribution >= 4 is 29.4 Å². The lowest BCUT2D eigenvalue weighted by atomic mass is 9.86. The number of hydrogen-bond donors (Lipinski definition) is 1. The van der Waals surface area contributed by atoms with E-state index in [4.69, 9.17) is 25.8 Å². The minimum atomic E-state index is -0.929. The number of fused-ring (bicyclic) bond motifs is 1. The number of nitrogens with zero attached hydrogens (tertiary/aromatic N) is 1. The summed E-state index contributed by atoms with van der Waals surface area (Å²) in [4.78, 5) is 38.4. The average molecular weight is 383 g/mol. The third kappa shape index (κ3) is 2.60. The summed E-state index contributed by atoms with van der Waals surface area (Å²) in [5.41, 5.74) is 0.566. The maximum atomic E-state index is 12.7. The van der Waals surface area contributed by atoms with Crippen LogP contribution in [-0.2, 0) is 19.1 Å². The lowest BCUT2D eigenvalue weighted by Gasteiger charge is -2.22. The summed E-state index contributed by atoms with van der Waals surface area (Å²) in [5.74, 6) is -2.12. The van der Waals surface area contributed by atoms with Gasteiger partial charge < -0.3 is 14.2 Å². The fraction of sp³-hybridized carbons (Fsp3) is 0.471. The van der Waals surface area contributed by atoms with Gasteiger partial charge in [-0.15, -0.1) is 0 Å². The first kappa shape index (κ1) is 18.5. The van der Waals surface area contributed by atoms with E-state index < -0.39 is 35.8 Å². The van der Waals surface area contributed by atoms with Gasteiger partial charge in [-0.05, 0) is 6.07 Å². The van der Waals surface area contributed by atoms with Gasteiger partial charge in [0.05, 0.1) is 38.2 Å². The molecule has 0 aromatic heterocycles. The van der Waals surface area contributed by atoms with Crippen molar-refractivity contribution in [3.8, 4) is 11.5 Å². The van der Waals surface area contributed by atoms with Gasteiger partial charge in [0, 0.05) is 24.7 Å². The summed E-state index contributed by atoms with van der Waals surface area (Å²) in [6.07, 6.45) is 0. The molecule has 4 atom stereocenters. The number of carbonyl (C=O) groups is 3. The van der Waals surface area contributed by atoms with E-state index in [0.29, 0.717) is 22.1 Å². The Bertz CT molecular complexity index is 783. The van der Waals surface area contributed by atoms with E-state index in [1.807, 2.05) is 0 Å². The van der Waals surface area contributed by atoms with Crippen LogP contribution in [0.25, 0.3) is 0 Å². The molecule has 0 unspecified atom stereocenters. The van der Waals surface area contributed by atoms with Gasteiger partial charge in [0.25, 0.3) is 0 Å². The molecule has 0 radical (unpaired) electrons. The highest BCUT2D eigenvalue weighted by atomic mass is 35.5. The molecule has 2 amide bonds. The average Bonchev–Trinajstić information content (AvgIpc) is 3.14. The SMILES string of the molecule is COC(=O)[C@@H]1N[C@H](c2cc(Cl)c(OC)cc2OC)[C@@H]2C(=O)N(C)C(=O)[C@@H]21. The number of likely N-dealkylation sites (tertiary alicyclic amines) is 1. The molecule has 140 valence electrons. The molecule has 3 rings (SSSR count). The number of carbonyl (C=O) groups excluding carboxylic acids is 3. The van der Waals surface area contributed by atoms with Gasteiger partial charge in [-0.1, -0.05) is 11.6 Å². The number of halogens is 1. The first-order chi connectivity index (χ1) is 12.3. The third-order valence-corrected chi connectivity index (χ3v) is 5.29. The van der Waals surface area contributed by atoms with Gasteiger partial charge >= 0.3 is 5.97 Å². The van der Waals surface area contributed by atoms with E-state index in [1.54, 1.807) is 12.1 Å². The second-order valence-corrected chi connectivity index (χ2v) is 6.57. The van der Waals surface area contributed by atoms with Gasteiger partial charge in [0.2, 0.25) is 11.8 Å². The molecule has 2 heterocycles. The molecule has 2 saturated heterocycles. The summed E-state index contributed by atoms with van der Waals surface area (Å²) in [7, 11) is 5.60. The summed E-state index contributed by atoms with van der Waals surface area (Å²) < 4.78 is 15.4. The van der Waals surface area contributed by atoms with Crippen molar-refractivity contribution in [3.63, 3.8) is 0 Å². The van der Waals surface area contributed by atoms with Crippen LogP contribution < -0.4 is 14.8 Å². The number of imide groups is 1. The second kappa shape index (κ2) is 6.77. The van der Waals surface area contributed by atoms with E-state index >= 15 is 0 Å². The molecule has 2 fully saturated rings. The minimum absolute atomic E-state index is 0.327. The van der Waals surface area contributed by atoms with Crippen molar-refractivity contribution in [2.24, 2.45) is 11.8 Å². The monoisotopic (exact) mass is 382 g/mol. The first-order valence-electron chi connectivity index (χ1n) is 7.92. The Balaban J connectivity index is 2.11. The standard InChI is InChI=1S/C17H19ClN2O6/c1-20-15(21)11-12(16(20)22)14(17(23)26-4)19-13(11)7-5-8(18)10(25-3)6-9(7)24-2/h5-6,11-14,19H,1-4H3/t11-,12+,13-,14-/m1/s1. The molecule has 8 nitrogen and oxygen atoms in total. The van der Waals surface area contributed by atoms with Crippen LogP contribution in [0.4, 0.5) is 0 Å². The van der Waals surface area contributed by atoms with Crippen molar-refractivity contribution < 1.29 is 28.6 Å². The smallest absolute Gasteiger partial charge is 0.323 e. The van der Waals surface area contributed by atoms with Crippen LogP contribution in [0.3, 0.4) is 0 Å². The van der Waals surface area contributed by atoms with Crippen LogP contribution in [-0.4, -0.2) is 57.1 Å². The van der Waals surface area contributed by atoms with Crippen LogP contribution in [0.5, 0.6) is 11.5 Å². The van der Waals surface area contributed by atoms with Gasteiger partial charge in [0.15, 0.2) is 0 Å². The quantitative estimate of drug-likeness (QED) is 0.607. The summed E-state index contributed by atoms with van der Waals surface area (Å²) in [6, 6.07) is 1.65. The van der Waals surface area contributed by atoms with Crippen molar-refractivity contribution in [1.29, 1.82) is 0 Å². The number of esters is 1. The largest absolute Gasteiger partial charge is 0.496 e. The van der Waals surface area contributed by atoms with Crippen LogP contribution in [0.2, 0.25) is 5.02 Å². The number of amides is 2. The predicted molar refractivity (Wildman–Crippen MR) is 91.0 cm³/mol. The zero-order chi connectivity index (χ0) is 19.2. The molecule has 1 aromatic carbocycles. The summed E-state index contributed by atoms with van der Waals surface area (Å²) in [6.45, 7) is 0. The van der Waals surface area contributed by atoms with Crippen molar-refractivity contribution in [2.45, 2.75) is 12.1 Å². The van der Waals surface area contributed by atoms with Gasteiger partial charge in [0.1, 0.15) is 17.5 Å². The molecule has 1 aromatic rings. The molecule has 0 aliphatic carbocycles. The van der Waals surface area contributed by atoms with Crippen molar-refractivity contribution in [1.82, 2.24) is 10.2 Å².